The van der Waals surface area contributed by atoms with E-state index in [4.69, 9.17) is 9.15 Å². The molecule has 2 aromatic rings. The first-order valence-corrected chi connectivity index (χ1v) is 8.99. The van der Waals surface area contributed by atoms with Crippen LogP contribution >= 0.6 is 0 Å². The molecule has 0 radical (unpaired) electrons. The molecule has 26 heavy (non-hydrogen) atoms. The highest BCUT2D eigenvalue weighted by Gasteiger charge is 2.22. The third-order valence-electron chi connectivity index (χ3n) is 4.68. The lowest BCUT2D eigenvalue weighted by Crippen LogP contribution is -2.43. The van der Waals surface area contributed by atoms with E-state index >= 15 is 0 Å². The highest BCUT2D eigenvalue weighted by Crippen LogP contribution is 2.23. The van der Waals surface area contributed by atoms with Gasteiger partial charge in [-0.25, -0.2) is 0 Å². The smallest absolute Gasteiger partial charge is 0.291 e. The summed E-state index contributed by atoms with van der Waals surface area (Å²) in [5.74, 6) is 0.931. The first-order valence-electron chi connectivity index (χ1n) is 8.99. The van der Waals surface area contributed by atoms with Gasteiger partial charge in [-0.2, -0.15) is 0 Å². The van der Waals surface area contributed by atoms with E-state index in [1.807, 2.05) is 0 Å². The topological polar surface area (TPSA) is 80.6 Å². The molecular formula is C20H24N2O4. The normalized spacial score (nSPS) is 19.6. The third kappa shape index (κ3) is 4.88. The van der Waals surface area contributed by atoms with E-state index in [1.54, 1.807) is 36.4 Å². The van der Waals surface area contributed by atoms with Crippen LogP contribution in [-0.2, 0) is 4.79 Å². The molecule has 1 aromatic heterocycles. The lowest BCUT2D eigenvalue weighted by Gasteiger charge is -2.29. The molecule has 0 bridgehead atoms. The van der Waals surface area contributed by atoms with Crippen LogP contribution in [0.4, 0.5) is 5.69 Å². The van der Waals surface area contributed by atoms with Crippen molar-refractivity contribution < 1.29 is 18.7 Å². The van der Waals surface area contributed by atoms with Crippen LogP contribution in [0.5, 0.6) is 5.75 Å². The number of carbonyl (C=O) groups excluding carboxylic acids is 2. The molecule has 1 heterocycles. The number of hydrogen-bond donors (Lipinski definition) is 2. The molecule has 1 aliphatic rings. The molecule has 3 rings (SSSR count). The van der Waals surface area contributed by atoms with Crippen molar-refractivity contribution in [3.05, 3.63) is 48.4 Å². The Hall–Kier alpha value is -2.76. The second kappa shape index (κ2) is 8.56. The standard InChI is InChI=1S/C20H24N2O4/c1-14-5-2-3-6-17(14)22-19(23)13-26-16-10-8-15(9-11-16)21-20(24)18-7-4-12-25-18/h4,7-12,14,17H,2-3,5-6,13H2,1H3,(H,21,24)(H,22,23)/t14-,17+/m1/s1. The molecule has 0 unspecified atom stereocenters. The van der Waals surface area contributed by atoms with E-state index in [0.717, 1.165) is 12.8 Å². The lowest BCUT2D eigenvalue weighted by molar-refractivity contribution is -0.124. The maximum absolute atomic E-state index is 12.1. The summed E-state index contributed by atoms with van der Waals surface area (Å²) in [7, 11) is 0. The van der Waals surface area contributed by atoms with E-state index in [9.17, 15) is 9.59 Å². The average molecular weight is 356 g/mol. The number of carbonyl (C=O) groups is 2. The summed E-state index contributed by atoms with van der Waals surface area (Å²) in [6, 6.07) is 10.4. The van der Waals surface area contributed by atoms with Crippen molar-refractivity contribution in [3.8, 4) is 5.75 Å². The van der Waals surface area contributed by atoms with Crippen molar-refractivity contribution in [1.82, 2.24) is 5.32 Å². The average Bonchev–Trinajstić information content (AvgIpc) is 3.18. The molecule has 0 saturated heterocycles. The summed E-state index contributed by atoms with van der Waals surface area (Å²) in [6.45, 7) is 2.17. The molecular weight excluding hydrogens is 332 g/mol. The van der Waals surface area contributed by atoms with E-state index in [1.165, 1.54) is 19.1 Å². The Balaban J connectivity index is 1.45. The van der Waals surface area contributed by atoms with Gasteiger partial charge in [0.1, 0.15) is 5.75 Å². The molecule has 1 aliphatic carbocycles. The summed E-state index contributed by atoms with van der Waals surface area (Å²) < 4.78 is 10.6. The monoisotopic (exact) mass is 356 g/mol. The largest absolute Gasteiger partial charge is 0.484 e. The Morgan fingerprint density at radius 2 is 1.92 bits per heavy atom. The molecule has 2 atom stereocenters. The number of anilines is 1. The van der Waals surface area contributed by atoms with Gasteiger partial charge in [0.25, 0.3) is 11.8 Å². The fourth-order valence-corrected chi connectivity index (χ4v) is 3.16. The van der Waals surface area contributed by atoms with Crippen molar-refractivity contribution in [2.75, 3.05) is 11.9 Å². The summed E-state index contributed by atoms with van der Waals surface area (Å²) >= 11 is 0. The lowest BCUT2D eigenvalue weighted by atomic mass is 9.86. The van der Waals surface area contributed by atoms with Gasteiger partial charge in [0.15, 0.2) is 12.4 Å². The van der Waals surface area contributed by atoms with Crippen LogP contribution < -0.4 is 15.4 Å². The van der Waals surface area contributed by atoms with Gasteiger partial charge in [0.05, 0.1) is 6.26 Å². The molecule has 138 valence electrons. The highest BCUT2D eigenvalue weighted by molar-refractivity contribution is 6.02. The second-order valence-electron chi connectivity index (χ2n) is 6.68. The predicted molar refractivity (Wildman–Crippen MR) is 98.2 cm³/mol. The molecule has 1 saturated carbocycles. The van der Waals surface area contributed by atoms with Crippen molar-refractivity contribution in [1.29, 1.82) is 0 Å². The zero-order valence-corrected chi connectivity index (χ0v) is 14.9. The van der Waals surface area contributed by atoms with Gasteiger partial charge in [-0.3, -0.25) is 9.59 Å². The van der Waals surface area contributed by atoms with Gasteiger partial charge in [0.2, 0.25) is 0 Å². The molecule has 1 aromatic carbocycles. The zero-order valence-electron chi connectivity index (χ0n) is 14.9. The summed E-state index contributed by atoms with van der Waals surface area (Å²) in [6.07, 6.45) is 6.06. The molecule has 1 fully saturated rings. The van der Waals surface area contributed by atoms with E-state index in [-0.39, 0.29) is 30.2 Å². The molecule has 2 N–H and O–H groups in total. The summed E-state index contributed by atoms with van der Waals surface area (Å²) in [4.78, 5) is 24.0. The quantitative estimate of drug-likeness (QED) is 0.829. The summed E-state index contributed by atoms with van der Waals surface area (Å²) in [5, 5.41) is 5.79. The Morgan fingerprint density at radius 3 is 2.62 bits per heavy atom. The van der Waals surface area contributed by atoms with E-state index in [0.29, 0.717) is 17.4 Å². The van der Waals surface area contributed by atoms with Crippen molar-refractivity contribution in [2.24, 2.45) is 5.92 Å². The summed E-state index contributed by atoms with van der Waals surface area (Å²) in [5.41, 5.74) is 0.624. The Morgan fingerprint density at radius 1 is 1.15 bits per heavy atom. The molecule has 2 amide bonds. The van der Waals surface area contributed by atoms with Crippen LogP contribution in [-0.4, -0.2) is 24.5 Å². The zero-order chi connectivity index (χ0) is 18.4. The number of amides is 2. The Bertz CT molecular complexity index is 725. The minimum absolute atomic E-state index is 0.0126. The molecule has 6 heteroatoms. The van der Waals surface area contributed by atoms with Gasteiger partial charge in [-0.15, -0.1) is 0 Å². The van der Waals surface area contributed by atoms with Crippen LogP contribution in [0.15, 0.2) is 47.1 Å². The number of furan rings is 1. The number of hydrogen-bond acceptors (Lipinski definition) is 4. The van der Waals surface area contributed by atoms with Gasteiger partial charge in [0, 0.05) is 11.7 Å². The van der Waals surface area contributed by atoms with Crippen LogP contribution in [0, 0.1) is 5.92 Å². The highest BCUT2D eigenvalue weighted by atomic mass is 16.5. The first-order chi connectivity index (χ1) is 12.6. The number of nitrogens with one attached hydrogen (secondary N) is 2. The molecule has 6 nitrogen and oxygen atoms in total. The van der Waals surface area contributed by atoms with Crippen LogP contribution in [0.1, 0.15) is 43.2 Å². The van der Waals surface area contributed by atoms with Gasteiger partial charge in [-0.05, 0) is 55.2 Å². The Labute approximate surface area is 152 Å². The SMILES string of the molecule is C[C@@H]1CCCC[C@@H]1NC(=O)COc1ccc(NC(=O)c2ccco2)cc1. The number of benzene rings is 1. The second-order valence-corrected chi connectivity index (χ2v) is 6.68. The predicted octanol–water partition coefficient (Wildman–Crippen LogP) is 3.61. The number of ether oxygens (including phenoxy) is 1. The van der Waals surface area contributed by atoms with E-state index in [2.05, 4.69) is 17.6 Å². The van der Waals surface area contributed by atoms with E-state index < -0.39 is 0 Å². The molecule has 0 aliphatic heterocycles. The fraction of sp³-hybridized carbons (Fsp3) is 0.400. The van der Waals surface area contributed by atoms with Gasteiger partial charge >= 0.3 is 0 Å². The minimum atomic E-state index is -0.315. The van der Waals surface area contributed by atoms with Gasteiger partial charge < -0.3 is 19.8 Å². The maximum Gasteiger partial charge on any atom is 0.291 e. The third-order valence-corrected chi connectivity index (χ3v) is 4.68. The minimum Gasteiger partial charge on any atom is -0.484 e. The van der Waals surface area contributed by atoms with Crippen molar-refractivity contribution in [3.63, 3.8) is 0 Å². The van der Waals surface area contributed by atoms with Gasteiger partial charge in [-0.1, -0.05) is 19.8 Å². The Kier molecular flexibility index (Phi) is 5.94. The molecule has 0 spiro atoms. The van der Waals surface area contributed by atoms with Crippen LogP contribution in [0.25, 0.3) is 0 Å². The number of rotatable bonds is 6. The maximum atomic E-state index is 12.1. The first kappa shape index (κ1) is 18.0. The van der Waals surface area contributed by atoms with Crippen LogP contribution in [0.3, 0.4) is 0 Å². The van der Waals surface area contributed by atoms with Crippen LogP contribution in [0.2, 0.25) is 0 Å². The van der Waals surface area contributed by atoms with Crippen molar-refractivity contribution >= 4 is 17.5 Å². The van der Waals surface area contributed by atoms with Crippen molar-refractivity contribution in [2.45, 2.75) is 38.6 Å². The fourth-order valence-electron chi connectivity index (χ4n) is 3.16.